The molecule has 0 fully saturated rings. The summed E-state index contributed by atoms with van der Waals surface area (Å²) in [6.45, 7) is 1.46. The van der Waals surface area contributed by atoms with E-state index in [4.69, 9.17) is 11.6 Å². The number of nitrogens with one attached hydrogen (secondary N) is 1. The first kappa shape index (κ1) is 15.6. The van der Waals surface area contributed by atoms with Crippen LogP contribution in [-0.4, -0.2) is 18.3 Å². The van der Waals surface area contributed by atoms with Crippen molar-refractivity contribution in [2.45, 2.75) is 11.1 Å². The first-order valence-electron chi connectivity index (χ1n) is 5.30. The molecule has 0 saturated carbocycles. The number of aromatic nitrogens is 1. The summed E-state index contributed by atoms with van der Waals surface area (Å²) in [6, 6.07) is 2.69. The first-order chi connectivity index (χ1) is 9.70. The second-order valence-corrected chi connectivity index (χ2v) is 7.33. The highest BCUT2D eigenvalue weighted by Crippen LogP contribution is 2.29. The number of thiazole rings is 1. The predicted molar refractivity (Wildman–Crippen MR) is 75.7 cm³/mol. The van der Waals surface area contributed by atoms with Crippen molar-refractivity contribution in [3.05, 3.63) is 44.3 Å². The molecule has 0 amide bonds. The Morgan fingerprint density at radius 3 is 2.67 bits per heavy atom. The number of benzene rings is 1. The molecule has 0 aliphatic rings. The molecule has 1 aromatic heterocycles. The van der Waals surface area contributed by atoms with Crippen molar-refractivity contribution >= 4 is 44.3 Å². The Bertz CT molecular complexity index is 822. The molecule has 2 aromatic rings. The SMILES string of the molecule is Cc1nc(Cl)sc1S(=O)(=O)Nc1ccc(F)c([N+](=O)[O-])c1. The maximum absolute atomic E-state index is 13.2. The van der Waals surface area contributed by atoms with E-state index in [9.17, 15) is 22.9 Å². The highest BCUT2D eigenvalue weighted by atomic mass is 35.5. The number of aryl methyl sites for hydroxylation is 1. The molecular formula is C10H7ClFN3O4S2. The van der Waals surface area contributed by atoms with Crippen LogP contribution in [0.15, 0.2) is 22.4 Å². The van der Waals surface area contributed by atoms with Gasteiger partial charge in [0.15, 0.2) is 8.68 Å². The highest BCUT2D eigenvalue weighted by Gasteiger charge is 2.23. The van der Waals surface area contributed by atoms with Crippen molar-refractivity contribution in [2.24, 2.45) is 0 Å². The van der Waals surface area contributed by atoms with Crippen LogP contribution >= 0.6 is 22.9 Å². The Morgan fingerprint density at radius 2 is 2.14 bits per heavy atom. The van der Waals surface area contributed by atoms with Crippen molar-refractivity contribution < 1.29 is 17.7 Å². The molecule has 0 unspecified atom stereocenters. The summed E-state index contributed by atoms with van der Waals surface area (Å²) in [5.41, 5.74) is -0.754. The number of nitrogens with zero attached hydrogens (tertiary/aromatic N) is 2. The van der Waals surface area contributed by atoms with Crippen LogP contribution in [0.2, 0.25) is 4.47 Å². The monoisotopic (exact) mass is 351 g/mol. The van der Waals surface area contributed by atoms with Gasteiger partial charge in [0.1, 0.15) is 0 Å². The minimum Gasteiger partial charge on any atom is -0.279 e. The van der Waals surface area contributed by atoms with Crippen LogP contribution in [0.25, 0.3) is 0 Å². The Morgan fingerprint density at radius 1 is 1.48 bits per heavy atom. The topological polar surface area (TPSA) is 102 Å². The molecule has 0 spiro atoms. The van der Waals surface area contributed by atoms with E-state index in [1.165, 1.54) is 6.92 Å². The first-order valence-corrected chi connectivity index (χ1v) is 7.98. The zero-order valence-electron chi connectivity index (χ0n) is 10.3. The molecule has 112 valence electrons. The fourth-order valence-electron chi connectivity index (χ4n) is 1.52. The third-order valence-corrected chi connectivity index (χ3v) is 5.62. The molecule has 0 saturated heterocycles. The van der Waals surface area contributed by atoms with E-state index in [-0.39, 0.29) is 20.1 Å². The molecule has 1 aromatic carbocycles. The lowest BCUT2D eigenvalue weighted by Crippen LogP contribution is -2.13. The van der Waals surface area contributed by atoms with Crippen LogP contribution in [-0.2, 0) is 10.0 Å². The fourth-order valence-corrected chi connectivity index (χ4v) is 4.31. The summed E-state index contributed by atoms with van der Waals surface area (Å²) in [4.78, 5) is 13.5. The molecule has 7 nitrogen and oxygen atoms in total. The summed E-state index contributed by atoms with van der Waals surface area (Å²) in [6.07, 6.45) is 0. The summed E-state index contributed by atoms with van der Waals surface area (Å²) in [5, 5.41) is 10.6. The second-order valence-electron chi connectivity index (χ2n) is 3.87. The quantitative estimate of drug-likeness (QED) is 0.673. The minimum absolute atomic E-state index is 0.0537. The summed E-state index contributed by atoms with van der Waals surface area (Å²) >= 11 is 6.39. The van der Waals surface area contributed by atoms with Crippen LogP contribution in [0, 0.1) is 22.9 Å². The molecule has 1 N–H and O–H groups in total. The number of rotatable bonds is 4. The number of hydrogen-bond acceptors (Lipinski definition) is 6. The van der Waals surface area contributed by atoms with Crippen LogP contribution in [0.3, 0.4) is 0 Å². The molecule has 21 heavy (non-hydrogen) atoms. The van der Waals surface area contributed by atoms with Gasteiger partial charge in [0, 0.05) is 6.07 Å². The van der Waals surface area contributed by atoms with Gasteiger partial charge in [-0.05, 0) is 19.1 Å². The van der Waals surface area contributed by atoms with Crippen molar-refractivity contribution in [2.75, 3.05) is 4.72 Å². The van der Waals surface area contributed by atoms with Crippen LogP contribution < -0.4 is 4.72 Å². The standard InChI is InChI=1S/C10H7ClFN3O4S2/c1-5-9(20-10(11)13-5)21(18,19)14-6-2-3-7(12)8(4-6)15(16)17/h2-4,14H,1H3. The maximum Gasteiger partial charge on any atom is 0.306 e. The van der Waals surface area contributed by atoms with Gasteiger partial charge >= 0.3 is 5.69 Å². The van der Waals surface area contributed by atoms with Gasteiger partial charge in [-0.1, -0.05) is 22.9 Å². The van der Waals surface area contributed by atoms with E-state index >= 15 is 0 Å². The van der Waals surface area contributed by atoms with E-state index in [1.54, 1.807) is 0 Å². The Hall–Kier alpha value is -1.78. The average molecular weight is 352 g/mol. The maximum atomic E-state index is 13.2. The van der Waals surface area contributed by atoms with E-state index in [0.29, 0.717) is 0 Å². The van der Waals surface area contributed by atoms with Gasteiger partial charge in [-0.2, -0.15) is 4.39 Å². The molecular weight excluding hydrogens is 345 g/mol. The number of sulfonamides is 1. The summed E-state index contributed by atoms with van der Waals surface area (Å²) in [5.74, 6) is -1.06. The number of hydrogen-bond donors (Lipinski definition) is 1. The lowest BCUT2D eigenvalue weighted by molar-refractivity contribution is -0.387. The van der Waals surface area contributed by atoms with Gasteiger partial charge in [-0.3, -0.25) is 14.8 Å². The van der Waals surface area contributed by atoms with Gasteiger partial charge in [-0.15, -0.1) is 0 Å². The minimum atomic E-state index is -4.00. The van der Waals surface area contributed by atoms with Crippen molar-refractivity contribution in [1.29, 1.82) is 0 Å². The normalized spacial score (nSPS) is 11.4. The molecule has 0 aliphatic carbocycles. The third-order valence-electron chi connectivity index (χ3n) is 2.37. The van der Waals surface area contributed by atoms with Gasteiger partial charge in [0.2, 0.25) is 5.82 Å². The van der Waals surface area contributed by atoms with Crippen molar-refractivity contribution in [3.8, 4) is 0 Å². The van der Waals surface area contributed by atoms with E-state index in [2.05, 4.69) is 9.71 Å². The summed E-state index contributed by atoms with van der Waals surface area (Å²) < 4.78 is 39.5. The summed E-state index contributed by atoms with van der Waals surface area (Å²) in [7, 11) is -4.00. The highest BCUT2D eigenvalue weighted by molar-refractivity contribution is 7.94. The van der Waals surface area contributed by atoms with Crippen LogP contribution in [0.4, 0.5) is 15.8 Å². The average Bonchev–Trinajstić information content (AvgIpc) is 2.71. The molecule has 0 aliphatic heterocycles. The zero-order valence-corrected chi connectivity index (χ0v) is 12.7. The number of nitro benzene ring substituents is 1. The predicted octanol–water partition coefficient (Wildman–Crippen LogP) is 2.95. The lowest BCUT2D eigenvalue weighted by atomic mass is 10.3. The van der Waals surface area contributed by atoms with Gasteiger partial charge in [-0.25, -0.2) is 13.4 Å². The lowest BCUT2D eigenvalue weighted by Gasteiger charge is -2.06. The molecule has 1 heterocycles. The van der Waals surface area contributed by atoms with Gasteiger partial charge < -0.3 is 0 Å². The number of nitro groups is 1. The van der Waals surface area contributed by atoms with Crippen molar-refractivity contribution in [3.63, 3.8) is 0 Å². The molecule has 11 heteroatoms. The molecule has 2 rings (SSSR count). The fraction of sp³-hybridized carbons (Fsp3) is 0.100. The number of halogens is 2. The number of anilines is 1. The smallest absolute Gasteiger partial charge is 0.279 e. The third kappa shape index (κ3) is 3.28. The Kier molecular flexibility index (Phi) is 4.12. The van der Waals surface area contributed by atoms with Crippen molar-refractivity contribution in [1.82, 2.24) is 4.98 Å². The zero-order chi connectivity index (χ0) is 15.8. The van der Waals surface area contributed by atoms with Gasteiger partial charge in [0.25, 0.3) is 10.0 Å². The Balaban J connectivity index is 2.40. The van der Waals surface area contributed by atoms with E-state index < -0.39 is 26.5 Å². The Labute approximate surface area is 127 Å². The van der Waals surface area contributed by atoms with E-state index in [0.717, 1.165) is 29.5 Å². The largest absolute Gasteiger partial charge is 0.306 e. The van der Waals surface area contributed by atoms with Crippen LogP contribution in [0.1, 0.15) is 5.69 Å². The molecule has 0 radical (unpaired) electrons. The van der Waals surface area contributed by atoms with Crippen LogP contribution in [0.5, 0.6) is 0 Å². The van der Waals surface area contributed by atoms with E-state index in [1.807, 2.05) is 0 Å². The van der Waals surface area contributed by atoms with Gasteiger partial charge in [0.05, 0.1) is 16.3 Å². The second kappa shape index (κ2) is 5.54. The molecule has 0 atom stereocenters. The molecule has 0 bridgehead atoms.